The monoisotopic (exact) mass is 269 g/mol. The van der Waals surface area contributed by atoms with Crippen LogP contribution in [0.3, 0.4) is 0 Å². The second-order valence-corrected chi connectivity index (χ2v) is 4.57. The maximum absolute atomic E-state index is 13.2. The summed E-state index contributed by atoms with van der Waals surface area (Å²) >= 11 is 5.80. The Morgan fingerprint density at radius 3 is 2.61 bits per heavy atom. The van der Waals surface area contributed by atoms with Crippen LogP contribution in [-0.4, -0.2) is 14.8 Å². The van der Waals surface area contributed by atoms with Crippen LogP contribution >= 0.6 is 11.6 Å². The molecule has 0 bridgehead atoms. The third-order valence-corrected chi connectivity index (χ3v) is 3.21. The van der Waals surface area contributed by atoms with E-state index in [1.54, 1.807) is 0 Å². The van der Waals surface area contributed by atoms with Gasteiger partial charge in [-0.25, -0.2) is 8.78 Å². The minimum Gasteiger partial charge on any atom is -0.307 e. The van der Waals surface area contributed by atoms with E-state index in [0.29, 0.717) is 23.3 Å². The largest absolute Gasteiger partial charge is 0.307 e. The molecule has 3 rings (SSSR count). The molecule has 0 spiro atoms. The van der Waals surface area contributed by atoms with Crippen LogP contribution in [0.4, 0.5) is 8.78 Å². The lowest BCUT2D eigenvalue weighted by Gasteiger charge is -2.07. The van der Waals surface area contributed by atoms with Gasteiger partial charge >= 0.3 is 0 Å². The molecule has 1 aliphatic carbocycles. The first kappa shape index (κ1) is 11.6. The summed E-state index contributed by atoms with van der Waals surface area (Å²) in [6, 6.07) is 4.06. The lowest BCUT2D eigenvalue weighted by atomic mass is 10.2. The number of halogens is 3. The second kappa shape index (κ2) is 4.31. The van der Waals surface area contributed by atoms with Crippen LogP contribution in [0, 0.1) is 11.6 Å². The fourth-order valence-corrected chi connectivity index (χ4v) is 2.15. The van der Waals surface area contributed by atoms with Crippen molar-refractivity contribution in [1.29, 1.82) is 0 Å². The summed E-state index contributed by atoms with van der Waals surface area (Å²) in [6.07, 6.45) is 2.08. The Morgan fingerprint density at radius 2 is 2.00 bits per heavy atom. The minimum absolute atomic E-state index is 0.257. The van der Waals surface area contributed by atoms with Crippen molar-refractivity contribution < 1.29 is 8.78 Å². The Kier molecular flexibility index (Phi) is 2.78. The van der Waals surface area contributed by atoms with Crippen LogP contribution in [0.5, 0.6) is 0 Å². The molecule has 0 atom stereocenters. The quantitative estimate of drug-likeness (QED) is 0.801. The first-order valence-electron chi connectivity index (χ1n) is 5.66. The topological polar surface area (TPSA) is 30.7 Å². The van der Waals surface area contributed by atoms with E-state index in [2.05, 4.69) is 10.2 Å². The Hall–Kier alpha value is -1.49. The third kappa shape index (κ3) is 1.88. The number of rotatable bonds is 3. The smallest absolute Gasteiger partial charge is 0.164 e. The molecule has 0 N–H and O–H groups in total. The minimum atomic E-state index is -0.884. The van der Waals surface area contributed by atoms with E-state index in [4.69, 9.17) is 11.6 Å². The van der Waals surface area contributed by atoms with Crippen molar-refractivity contribution in [3.05, 3.63) is 35.7 Å². The van der Waals surface area contributed by atoms with Gasteiger partial charge in [-0.3, -0.25) is 0 Å². The molecule has 1 aromatic heterocycles. The van der Waals surface area contributed by atoms with E-state index in [1.807, 2.05) is 4.57 Å². The van der Waals surface area contributed by atoms with Crippen LogP contribution in [0.2, 0.25) is 0 Å². The molecule has 94 valence electrons. The summed E-state index contributed by atoms with van der Waals surface area (Å²) in [4.78, 5) is 0. The van der Waals surface area contributed by atoms with Crippen molar-refractivity contribution in [3.63, 3.8) is 0 Å². The Labute approximate surface area is 107 Å². The van der Waals surface area contributed by atoms with Crippen LogP contribution in [0.25, 0.3) is 11.4 Å². The Morgan fingerprint density at radius 1 is 1.22 bits per heavy atom. The highest BCUT2D eigenvalue weighted by molar-refractivity contribution is 6.16. The summed E-state index contributed by atoms with van der Waals surface area (Å²) in [5, 5.41) is 8.02. The summed E-state index contributed by atoms with van der Waals surface area (Å²) in [5.74, 6) is -0.280. The summed E-state index contributed by atoms with van der Waals surface area (Å²) < 4.78 is 28.1. The van der Waals surface area contributed by atoms with E-state index in [-0.39, 0.29) is 5.88 Å². The van der Waals surface area contributed by atoms with Gasteiger partial charge < -0.3 is 4.57 Å². The molecule has 1 heterocycles. The average molecular weight is 270 g/mol. The fraction of sp³-hybridized carbons (Fsp3) is 0.333. The van der Waals surface area contributed by atoms with Crippen molar-refractivity contribution in [3.8, 4) is 11.4 Å². The van der Waals surface area contributed by atoms with Gasteiger partial charge in [0, 0.05) is 11.6 Å². The highest BCUT2D eigenvalue weighted by Crippen LogP contribution is 2.39. The van der Waals surface area contributed by atoms with Crippen molar-refractivity contribution in [2.45, 2.75) is 24.8 Å². The number of aromatic nitrogens is 3. The molecule has 18 heavy (non-hydrogen) atoms. The zero-order chi connectivity index (χ0) is 12.7. The van der Waals surface area contributed by atoms with Gasteiger partial charge in [0.15, 0.2) is 17.5 Å². The van der Waals surface area contributed by atoms with Gasteiger partial charge in [0.1, 0.15) is 5.82 Å². The molecule has 0 unspecified atom stereocenters. The third-order valence-electron chi connectivity index (χ3n) is 2.98. The van der Waals surface area contributed by atoms with Gasteiger partial charge in [-0.05, 0) is 31.0 Å². The number of nitrogens with zero attached hydrogens (tertiary/aromatic N) is 3. The molecular weight excluding hydrogens is 260 g/mol. The van der Waals surface area contributed by atoms with Crippen molar-refractivity contribution in [2.75, 3.05) is 0 Å². The summed E-state index contributed by atoms with van der Waals surface area (Å²) in [5.41, 5.74) is 0.518. The predicted molar refractivity (Wildman–Crippen MR) is 63.2 cm³/mol. The normalized spacial score (nSPS) is 15.1. The lowest BCUT2D eigenvalue weighted by molar-refractivity contribution is 0.509. The highest BCUT2D eigenvalue weighted by Gasteiger charge is 2.29. The average Bonchev–Trinajstić information content (AvgIpc) is 3.12. The van der Waals surface area contributed by atoms with E-state index in [0.717, 1.165) is 25.0 Å². The molecule has 6 heteroatoms. The standard InChI is InChI=1S/C12H10ClF2N3/c13-6-11-16-17-12(18(11)8-2-3-8)7-1-4-9(14)10(15)5-7/h1,4-5,8H,2-3,6H2. The molecule has 3 nitrogen and oxygen atoms in total. The highest BCUT2D eigenvalue weighted by atomic mass is 35.5. The first-order valence-corrected chi connectivity index (χ1v) is 6.19. The zero-order valence-corrected chi connectivity index (χ0v) is 10.2. The van der Waals surface area contributed by atoms with Crippen molar-refractivity contribution in [2.24, 2.45) is 0 Å². The van der Waals surface area contributed by atoms with E-state index in [9.17, 15) is 8.78 Å². The molecule has 2 aromatic rings. The molecule has 0 amide bonds. The van der Waals surface area contributed by atoms with E-state index in [1.165, 1.54) is 6.07 Å². The maximum atomic E-state index is 13.2. The molecule has 1 aliphatic rings. The molecule has 1 aromatic carbocycles. The molecule has 1 fully saturated rings. The lowest BCUT2D eigenvalue weighted by Crippen LogP contribution is -2.02. The molecule has 0 saturated heterocycles. The first-order chi connectivity index (χ1) is 8.70. The zero-order valence-electron chi connectivity index (χ0n) is 9.41. The van der Waals surface area contributed by atoms with Gasteiger partial charge in [-0.2, -0.15) is 0 Å². The van der Waals surface area contributed by atoms with Crippen LogP contribution in [-0.2, 0) is 5.88 Å². The van der Waals surface area contributed by atoms with Crippen LogP contribution in [0.1, 0.15) is 24.7 Å². The van der Waals surface area contributed by atoms with Gasteiger partial charge in [-0.1, -0.05) is 0 Å². The molecular formula is C12H10ClF2N3. The molecule has 1 saturated carbocycles. The summed E-state index contributed by atoms with van der Waals surface area (Å²) in [6.45, 7) is 0. The van der Waals surface area contributed by atoms with E-state index < -0.39 is 11.6 Å². The SMILES string of the molecule is Fc1ccc(-c2nnc(CCl)n2C2CC2)cc1F. The molecule has 0 radical (unpaired) electrons. The fourth-order valence-electron chi connectivity index (χ4n) is 1.96. The van der Waals surface area contributed by atoms with Gasteiger partial charge in [0.05, 0.1) is 5.88 Å². The van der Waals surface area contributed by atoms with Crippen molar-refractivity contribution >= 4 is 11.6 Å². The molecule has 0 aliphatic heterocycles. The van der Waals surface area contributed by atoms with Gasteiger partial charge in [0.2, 0.25) is 0 Å². The van der Waals surface area contributed by atoms with Crippen LogP contribution < -0.4 is 0 Å². The van der Waals surface area contributed by atoms with E-state index >= 15 is 0 Å². The number of hydrogen-bond donors (Lipinski definition) is 0. The predicted octanol–water partition coefficient (Wildman–Crippen LogP) is 3.30. The van der Waals surface area contributed by atoms with Gasteiger partial charge in [0.25, 0.3) is 0 Å². The second-order valence-electron chi connectivity index (χ2n) is 4.30. The number of hydrogen-bond acceptors (Lipinski definition) is 2. The number of benzene rings is 1. The van der Waals surface area contributed by atoms with Crippen LogP contribution in [0.15, 0.2) is 18.2 Å². The Balaban J connectivity index is 2.10. The maximum Gasteiger partial charge on any atom is 0.164 e. The number of alkyl halides is 1. The Bertz CT molecular complexity index is 593. The van der Waals surface area contributed by atoms with Crippen molar-refractivity contribution in [1.82, 2.24) is 14.8 Å². The summed E-state index contributed by atoms with van der Waals surface area (Å²) in [7, 11) is 0. The van der Waals surface area contributed by atoms with Gasteiger partial charge in [-0.15, -0.1) is 21.8 Å².